The van der Waals surface area contributed by atoms with Gasteiger partial charge in [-0.1, -0.05) is 32.0 Å². The fraction of sp³-hybridized carbons (Fsp3) is 0.318. The maximum Gasteiger partial charge on any atom is 0.270 e. The molecule has 2 aromatic carbocycles. The van der Waals surface area contributed by atoms with E-state index in [0.29, 0.717) is 17.5 Å². The van der Waals surface area contributed by atoms with E-state index in [1.807, 2.05) is 59.5 Å². The molecule has 0 radical (unpaired) electrons. The van der Waals surface area contributed by atoms with E-state index in [1.165, 1.54) is 6.42 Å². The number of carbonyl (C=O) groups excluding carboxylic acids is 1. The minimum absolute atomic E-state index is 0.0881. The van der Waals surface area contributed by atoms with Crippen LogP contribution in [0.25, 0.3) is 10.9 Å². The molecule has 0 aliphatic carbocycles. The fourth-order valence-electron chi connectivity index (χ4n) is 3.91. The lowest BCUT2D eigenvalue weighted by molar-refractivity contribution is 0.0618. The number of fused-ring (bicyclic) bond motifs is 1. The van der Waals surface area contributed by atoms with Crippen LogP contribution in [-0.4, -0.2) is 28.9 Å². The lowest BCUT2D eigenvalue weighted by Gasteiger charge is -2.34. The molecule has 1 aliphatic rings. The fourth-order valence-corrected chi connectivity index (χ4v) is 3.91. The van der Waals surface area contributed by atoms with E-state index in [0.717, 1.165) is 35.5 Å². The molecule has 1 amide bonds. The molecule has 4 rings (SSSR count). The Morgan fingerprint density at radius 2 is 1.73 bits per heavy atom. The zero-order chi connectivity index (χ0) is 18.1. The average Bonchev–Trinajstić information content (AvgIpc) is 3.04. The highest BCUT2D eigenvalue weighted by Crippen LogP contribution is 2.27. The first-order valence-corrected chi connectivity index (χ1v) is 9.23. The highest BCUT2D eigenvalue weighted by molar-refractivity contribution is 5.98. The Bertz CT molecular complexity index is 906. The molecular weight excluding hydrogens is 324 g/mol. The predicted molar refractivity (Wildman–Crippen MR) is 104 cm³/mol. The molecule has 0 spiro atoms. The molecule has 4 nitrogen and oxygen atoms in total. The zero-order valence-electron chi connectivity index (χ0n) is 15.2. The zero-order valence-corrected chi connectivity index (χ0v) is 15.2. The molecule has 3 aromatic rings. The molecule has 2 heterocycles. The number of carbonyl (C=O) groups is 1. The summed E-state index contributed by atoms with van der Waals surface area (Å²) in [5.74, 6) is 2.76. The third-order valence-corrected chi connectivity index (χ3v) is 4.96. The Balaban J connectivity index is 1.56. The van der Waals surface area contributed by atoms with Crippen molar-refractivity contribution in [1.29, 1.82) is 0 Å². The molecule has 1 N–H and O–H groups in total. The van der Waals surface area contributed by atoms with Gasteiger partial charge in [0.05, 0.1) is 0 Å². The second kappa shape index (κ2) is 6.87. The smallest absolute Gasteiger partial charge is 0.270 e. The first-order valence-electron chi connectivity index (χ1n) is 9.23. The van der Waals surface area contributed by atoms with Crippen LogP contribution in [0.1, 0.15) is 30.8 Å². The summed E-state index contributed by atoms with van der Waals surface area (Å²) in [5, 5.41) is 0.986. The SMILES string of the molecule is CC1CC(C)CN(C(=O)c2cc3cc(Oc4ccccc4)ccc3[nH]2)C1. The van der Waals surface area contributed by atoms with E-state index in [4.69, 9.17) is 4.74 Å². The van der Waals surface area contributed by atoms with Gasteiger partial charge < -0.3 is 14.6 Å². The van der Waals surface area contributed by atoms with E-state index < -0.39 is 0 Å². The number of nitrogens with one attached hydrogen (secondary N) is 1. The number of para-hydroxylation sites is 1. The standard InChI is InChI=1S/C22H24N2O2/c1-15-10-16(2)14-24(13-15)22(25)21-12-17-11-19(8-9-20(17)23-21)26-18-6-4-3-5-7-18/h3-9,11-12,15-16,23H,10,13-14H2,1-2H3. The first kappa shape index (κ1) is 16.7. The van der Waals surface area contributed by atoms with Crippen molar-refractivity contribution in [2.24, 2.45) is 11.8 Å². The van der Waals surface area contributed by atoms with Crippen LogP contribution in [-0.2, 0) is 0 Å². The lowest BCUT2D eigenvalue weighted by atomic mass is 9.92. The molecule has 2 atom stereocenters. The number of benzene rings is 2. The minimum atomic E-state index is 0.0881. The molecule has 0 bridgehead atoms. The first-order chi connectivity index (χ1) is 12.6. The maximum atomic E-state index is 12.9. The van der Waals surface area contributed by atoms with Crippen LogP contribution < -0.4 is 4.74 Å². The largest absolute Gasteiger partial charge is 0.457 e. The van der Waals surface area contributed by atoms with Gasteiger partial charge in [-0.2, -0.15) is 0 Å². The second-order valence-electron chi connectivity index (χ2n) is 7.50. The van der Waals surface area contributed by atoms with Gasteiger partial charge in [-0.25, -0.2) is 0 Å². The number of nitrogens with zero attached hydrogens (tertiary/aromatic N) is 1. The van der Waals surface area contributed by atoms with Gasteiger partial charge in [0.2, 0.25) is 0 Å². The molecule has 134 valence electrons. The van der Waals surface area contributed by atoms with Crippen molar-refractivity contribution in [3.63, 3.8) is 0 Å². The number of hydrogen-bond acceptors (Lipinski definition) is 2. The topological polar surface area (TPSA) is 45.3 Å². The summed E-state index contributed by atoms with van der Waals surface area (Å²) >= 11 is 0. The number of rotatable bonds is 3. The van der Waals surface area contributed by atoms with Gasteiger partial charge in [0.15, 0.2) is 0 Å². The number of ether oxygens (including phenoxy) is 1. The number of aromatic nitrogens is 1. The number of hydrogen-bond donors (Lipinski definition) is 1. The van der Waals surface area contributed by atoms with Gasteiger partial charge in [0.1, 0.15) is 17.2 Å². The highest BCUT2D eigenvalue weighted by atomic mass is 16.5. The Morgan fingerprint density at radius 3 is 2.46 bits per heavy atom. The maximum absolute atomic E-state index is 12.9. The van der Waals surface area contributed by atoms with Crippen LogP contribution in [0.2, 0.25) is 0 Å². The van der Waals surface area contributed by atoms with Gasteiger partial charge in [0, 0.05) is 24.0 Å². The van der Waals surface area contributed by atoms with Gasteiger partial charge in [0.25, 0.3) is 5.91 Å². The number of H-pyrrole nitrogens is 1. The van der Waals surface area contributed by atoms with Crippen molar-refractivity contribution >= 4 is 16.8 Å². The third-order valence-electron chi connectivity index (χ3n) is 4.96. The van der Waals surface area contributed by atoms with Crippen molar-refractivity contribution in [2.45, 2.75) is 20.3 Å². The van der Waals surface area contributed by atoms with Crippen LogP contribution in [0.4, 0.5) is 0 Å². The average molecular weight is 348 g/mol. The number of piperidine rings is 1. The summed E-state index contributed by atoms with van der Waals surface area (Å²) in [6, 6.07) is 17.5. The van der Waals surface area contributed by atoms with E-state index >= 15 is 0 Å². The molecular formula is C22H24N2O2. The number of aromatic amines is 1. The van der Waals surface area contributed by atoms with Crippen LogP contribution >= 0.6 is 0 Å². The molecule has 1 aromatic heterocycles. The number of likely N-dealkylation sites (tertiary alicyclic amines) is 1. The Labute approximate surface area is 153 Å². The summed E-state index contributed by atoms with van der Waals surface area (Å²) in [6.45, 7) is 6.10. The molecule has 1 aliphatic heterocycles. The van der Waals surface area contributed by atoms with Crippen molar-refractivity contribution in [2.75, 3.05) is 13.1 Å². The summed E-state index contributed by atoms with van der Waals surface area (Å²) in [7, 11) is 0. The van der Waals surface area contributed by atoms with Gasteiger partial charge in [-0.3, -0.25) is 4.79 Å². The minimum Gasteiger partial charge on any atom is -0.457 e. The number of amides is 1. The molecule has 2 unspecified atom stereocenters. The summed E-state index contributed by atoms with van der Waals surface area (Å²) in [4.78, 5) is 18.1. The molecule has 4 heteroatoms. The normalized spacial score (nSPS) is 20.3. The summed E-state index contributed by atoms with van der Waals surface area (Å²) in [6.07, 6.45) is 1.19. The van der Waals surface area contributed by atoms with E-state index in [-0.39, 0.29) is 5.91 Å². The summed E-state index contributed by atoms with van der Waals surface area (Å²) in [5.41, 5.74) is 1.60. The summed E-state index contributed by atoms with van der Waals surface area (Å²) < 4.78 is 5.89. The second-order valence-corrected chi connectivity index (χ2v) is 7.50. The van der Waals surface area contributed by atoms with Crippen molar-refractivity contribution < 1.29 is 9.53 Å². The van der Waals surface area contributed by atoms with Gasteiger partial charge >= 0.3 is 0 Å². The molecule has 26 heavy (non-hydrogen) atoms. The Kier molecular flexibility index (Phi) is 4.41. The molecule has 0 saturated carbocycles. The van der Waals surface area contributed by atoms with E-state index in [9.17, 15) is 4.79 Å². The monoisotopic (exact) mass is 348 g/mol. The quantitative estimate of drug-likeness (QED) is 0.717. The van der Waals surface area contributed by atoms with Gasteiger partial charge in [-0.15, -0.1) is 0 Å². The van der Waals surface area contributed by atoms with Crippen molar-refractivity contribution in [1.82, 2.24) is 9.88 Å². The van der Waals surface area contributed by atoms with E-state index in [2.05, 4.69) is 18.8 Å². The lowest BCUT2D eigenvalue weighted by Crippen LogP contribution is -2.42. The van der Waals surface area contributed by atoms with E-state index in [1.54, 1.807) is 0 Å². The van der Waals surface area contributed by atoms with Gasteiger partial charge in [-0.05, 0) is 54.7 Å². The van der Waals surface area contributed by atoms with Crippen LogP contribution in [0.15, 0.2) is 54.6 Å². The Morgan fingerprint density at radius 1 is 1.00 bits per heavy atom. The predicted octanol–water partition coefficient (Wildman–Crippen LogP) is 5.08. The molecule has 1 saturated heterocycles. The van der Waals surface area contributed by atoms with Crippen molar-refractivity contribution in [3.05, 3.63) is 60.3 Å². The van der Waals surface area contributed by atoms with Crippen LogP contribution in [0.5, 0.6) is 11.5 Å². The van der Waals surface area contributed by atoms with Crippen LogP contribution in [0, 0.1) is 11.8 Å². The highest BCUT2D eigenvalue weighted by Gasteiger charge is 2.26. The van der Waals surface area contributed by atoms with Crippen LogP contribution in [0.3, 0.4) is 0 Å². The third kappa shape index (κ3) is 3.45. The molecule has 1 fully saturated rings. The Hall–Kier alpha value is -2.75. The van der Waals surface area contributed by atoms with Crippen molar-refractivity contribution in [3.8, 4) is 11.5 Å².